The smallest absolute Gasteiger partial charge is 0.321 e. The normalized spacial score (nSPS) is 10.4. The fraction of sp³-hybridized carbons (Fsp3) is 0.667. The highest BCUT2D eigenvalue weighted by molar-refractivity contribution is 5.16. The molecule has 4 heteroatoms. The highest BCUT2D eigenvalue weighted by Crippen LogP contribution is 2.11. The number of nitrogens with one attached hydrogen (secondary N) is 1. The van der Waals surface area contributed by atoms with Crippen LogP contribution in [0, 0.1) is 0 Å². The van der Waals surface area contributed by atoms with Crippen molar-refractivity contribution in [2.75, 3.05) is 12.4 Å². The molecule has 0 spiro atoms. The molecule has 0 fully saturated rings. The molecule has 1 rings (SSSR count). The number of nitrogens with zero attached hydrogens (tertiary/aromatic N) is 2. The minimum atomic E-state index is 0.325. The van der Waals surface area contributed by atoms with Gasteiger partial charge in [-0.05, 0) is 0 Å². The first-order valence-electron chi connectivity index (χ1n) is 3.25. The summed E-state index contributed by atoms with van der Waals surface area (Å²) >= 11 is 0. The van der Waals surface area contributed by atoms with Crippen LogP contribution in [0.25, 0.3) is 0 Å². The van der Waals surface area contributed by atoms with Crippen molar-refractivity contribution in [3.05, 3.63) is 5.82 Å². The van der Waals surface area contributed by atoms with Crippen molar-refractivity contribution in [2.24, 2.45) is 0 Å². The molecule has 0 unspecified atom stereocenters. The Morgan fingerprint density at radius 3 is 2.50 bits per heavy atom. The topological polar surface area (TPSA) is 51.0 Å². The van der Waals surface area contributed by atoms with Gasteiger partial charge in [-0.3, -0.25) is 0 Å². The summed E-state index contributed by atoms with van der Waals surface area (Å²) in [5.41, 5.74) is 0. The Hall–Kier alpha value is -1.06. The van der Waals surface area contributed by atoms with Crippen LogP contribution in [-0.2, 0) is 0 Å². The predicted octanol–water partition coefficient (Wildman–Crippen LogP) is 1.23. The van der Waals surface area contributed by atoms with Crippen LogP contribution in [-0.4, -0.2) is 17.2 Å². The number of anilines is 1. The minimum absolute atomic E-state index is 0.325. The van der Waals surface area contributed by atoms with Gasteiger partial charge in [-0.2, -0.15) is 4.98 Å². The zero-order valence-corrected chi connectivity index (χ0v) is 6.38. The molecule has 0 atom stereocenters. The van der Waals surface area contributed by atoms with Crippen molar-refractivity contribution in [3.8, 4) is 0 Å². The van der Waals surface area contributed by atoms with Gasteiger partial charge in [0.2, 0.25) is 0 Å². The molecule has 0 aromatic carbocycles. The Balaban J connectivity index is 2.78. The SMILES string of the molecule is CNc1nc(C(C)C)no1. The summed E-state index contributed by atoms with van der Waals surface area (Å²) < 4.78 is 4.80. The molecule has 10 heavy (non-hydrogen) atoms. The number of rotatable bonds is 2. The van der Waals surface area contributed by atoms with E-state index in [-0.39, 0.29) is 0 Å². The van der Waals surface area contributed by atoms with Gasteiger partial charge in [0.15, 0.2) is 5.82 Å². The van der Waals surface area contributed by atoms with Crippen molar-refractivity contribution in [2.45, 2.75) is 19.8 Å². The third-order valence-corrected chi connectivity index (χ3v) is 1.17. The highest BCUT2D eigenvalue weighted by Gasteiger charge is 2.06. The van der Waals surface area contributed by atoms with E-state index in [4.69, 9.17) is 4.52 Å². The lowest BCUT2D eigenvalue weighted by Crippen LogP contribution is -1.91. The fourth-order valence-electron chi connectivity index (χ4n) is 0.571. The first-order chi connectivity index (χ1) is 4.74. The van der Waals surface area contributed by atoms with Crippen molar-refractivity contribution in [1.82, 2.24) is 10.1 Å². The van der Waals surface area contributed by atoms with Crippen LogP contribution < -0.4 is 5.32 Å². The summed E-state index contributed by atoms with van der Waals surface area (Å²) in [6.07, 6.45) is 0. The minimum Gasteiger partial charge on any atom is -0.341 e. The van der Waals surface area contributed by atoms with E-state index in [1.54, 1.807) is 7.05 Å². The Kier molecular flexibility index (Phi) is 1.89. The summed E-state index contributed by atoms with van der Waals surface area (Å²) in [5, 5.41) is 6.50. The monoisotopic (exact) mass is 141 g/mol. The lowest BCUT2D eigenvalue weighted by molar-refractivity contribution is 0.421. The number of hydrogen-bond donors (Lipinski definition) is 1. The molecule has 0 aliphatic carbocycles. The van der Waals surface area contributed by atoms with Crippen LogP contribution in [0.15, 0.2) is 4.52 Å². The summed E-state index contributed by atoms with van der Waals surface area (Å²) in [7, 11) is 1.75. The second-order valence-electron chi connectivity index (χ2n) is 2.36. The van der Waals surface area contributed by atoms with E-state index >= 15 is 0 Å². The molecule has 4 nitrogen and oxygen atoms in total. The second kappa shape index (κ2) is 2.68. The third-order valence-electron chi connectivity index (χ3n) is 1.17. The molecule has 1 N–H and O–H groups in total. The molecule has 0 amide bonds. The third kappa shape index (κ3) is 1.26. The van der Waals surface area contributed by atoms with Crippen LogP contribution in [0.4, 0.5) is 6.01 Å². The Labute approximate surface area is 59.6 Å². The standard InChI is InChI=1S/C6H11N3O/c1-4(2)5-8-6(7-3)10-9-5/h4H,1-3H3,(H,7,8,9). The largest absolute Gasteiger partial charge is 0.341 e. The Morgan fingerprint density at radius 1 is 1.50 bits per heavy atom. The molecule has 56 valence electrons. The van der Waals surface area contributed by atoms with E-state index in [0.29, 0.717) is 11.9 Å². The molecule has 0 aliphatic rings. The molecule has 0 radical (unpaired) electrons. The first-order valence-corrected chi connectivity index (χ1v) is 3.25. The molecule has 1 aromatic heterocycles. The number of aromatic nitrogens is 2. The van der Waals surface area contributed by atoms with Crippen molar-refractivity contribution in [3.63, 3.8) is 0 Å². The summed E-state index contributed by atoms with van der Waals surface area (Å²) in [5.74, 6) is 1.06. The van der Waals surface area contributed by atoms with Crippen molar-refractivity contribution >= 4 is 6.01 Å². The van der Waals surface area contributed by atoms with Gasteiger partial charge >= 0.3 is 6.01 Å². The summed E-state index contributed by atoms with van der Waals surface area (Å²) in [6.45, 7) is 4.04. The summed E-state index contributed by atoms with van der Waals surface area (Å²) in [6, 6.07) is 0.476. The first kappa shape index (κ1) is 7.05. The van der Waals surface area contributed by atoms with Crippen LogP contribution in [0.3, 0.4) is 0 Å². The molecule has 1 heterocycles. The molecule has 0 aliphatic heterocycles. The molecular formula is C6H11N3O. The van der Waals surface area contributed by atoms with E-state index in [1.165, 1.54) is 0 Å². The van der Waals surface area contributed by atoms with Gasteiger partial charge in [0.1, 0.15) is 0 Å². The maximum absolute atomic E-state index is 4.80. The van der Waals surface area contributed by atoms with E-state index in [9.17, 15) is 0 Å². The molecule has 1 aromatic rings. The van der Waals surface area contributed by atoms with Gasteiger partial charge in [0, 0.05) is 13.0 Å². The van der Waals surface area contributed by atoms with E-state index in [2.05, 4.69) is 15.5 Å². The molecule has 0 saturated heterocycles. The van der Waals surface area contributed by atoms with Crippen LogP contribution in [0.5, 0.6) is 0 Å². The molecular weight excluding hydrogens is 130 g/mol. The lowest BCUT2D eigenvalue weighted by Gasteiger charge is -1.91. The quantitative estimate of drug-likeness (QED) is 0.673. The van der Waals surface area contributed by atoms with E-state index in [1.807, 2.05) is 13.8 Å². The zero-order valence-electron chi connectivity index (χ0n) is 6.38. The average Bonchev–Trinajstić information content (AvgIpc) is 2.34. The van der Waals surface area contributed by atoms with Gasteiger partial charge in [-0.15, -0.1) is 0 Å². The van der Waals surface area contributed by atoms with E-state index in [0.717, 1.165) is 5.82 Å². The second-order valence-corrected chi connectivity index (χ2v) is 2.36. The van der Waals surface area contributed by atoms with Crippen LogP contribution in [0.2, 0.25) is 0 Å². The Bertz CT molecular complexity index is 207. The molecule has 0 saturated carbocycles. The van der Waals surface area contributed by atoms with Gasteiger partial charge in [0.25, 0.3) is 0 Å². The van der Waals surface area contributed by atoms with Crippen molar-refractivity contribution in [1.29, 1.82) is 0 Å². The maximum atomic E-state index is 4.80. The van der Waals surface area contributed by atoms with Crippen LogP contribution in [0.1, 0.15) is 25.6 Å². The van der Waals surface area contributed by atoms with Gasteiger partial charge < -0.3 is 9.84 Å². The highest BCUT2D eigenvalue weighted by atomic mass is 16.5. The van der Waals surface area contributed by atoms with Gasteiger partial charge in [-0.25, -0.2) is 0 Å². The summed E-state index contributed by atoms with van der Waals surface area (Å²) in [4.78, 5) is 4.04. The van der Waals surface area contributed by atoms with E-state index < -0.39 is 0 Å². The number of hydrogen-bond acceptors (Lipinski definition) is 4. The zero-order chi connectivity index (χ0) is 7.56. The Morgan fingerprint density at radius 2 is 2.20 bits per heavy atom. The average molecular weight is 141 g/mol. The van der Waals surface area contributed by atoms with Crippen molar-refractivity contribution < 1.29 is 4.52 Å². The maximum Gasteiger partial charge on any atom is 0.321 e. The van der Waals surface area contributed by atoms with Gasteiger partial charge in [0.05, 0.1) is 0 Å². The molecule has 0 bridgehead atoms. The lowest BCUT2D eigenvalue weighted by atomic mass is 10.2. The van der Waals surface area contributed by atoms with Gasteiger partial charge in [-0.1, -0.05) is 19.0 Å². The fourth-order valence-corrected chi connectivity index (χ4v) is 0.571. The predicted molar refractivity (Wildman–Crippen MR) is 37.9 cm³/mol. The van der Waals surface area contributed by atoms with Crippen LogP contribution >= 0.6 is 0 Å².